The van der Waals surface area contributed by atoms with Gasteiger partial charge < -0.3 is 15.8 Å². The highest BCUT2D eigenvalue weighted by molar-refractivity contribution is 7.89. The van der Waals surface area contributed by atoms with Gasteiger partial charge in [-0.05, 0) is 36.4 Å². The van der Waals surface area contributed by atoms with Gasteiger partial charge in [0.1, 0.15) is 5.75 Å². The highest BCUT2D eigenvalue weighted by Gasteiger charge is 2.17. The summed E-state index contributed by atoms with van der Waals surface area (Å²) < 4.78 is 30.3. The van der Waals surface area contributed by atoms with Gasteiger partial charge in [-0.15, -0.1) is 0 Å². The number of carbonyl (C=O) groups is 2. The minimum Gasteiger partial charge on any atom is -0.484 e. The Morgan fingerprint density at radius 1 is 1.12 bits per heavy atom. The molecule has 0 heterocycles. The van der Waals surface area contributed by atoms with Crippen LogP contribution in [0.3, 0.4) is 0 Å². The maximum Gasteiger partial charge on any atom is 0.255 e. The summed E-state index contributed by atoms with van der Waals surface area (Å²) in [5, 5.41) is 2.67. The molecule has 2 aromatic carbocycles. The number of hydrogen-bond acceptors (Lipinski definition) is 5. The number of sulfonamides is 1. The van der Waals surface area contributed by atoms with Gasteiger partial charge in [0.2, 0.25) is 10.0 Å². The summed E-state index contributed by atoms with van der Waals surface area (Å²) in [7, 11) is -0.682. The molecular weight excluding hydrogens is 358 g/mol. The molecule has 2 aromatic rings. The van der Waals surface area contributed by atoms with Crippen molar-refractivity contribution in [1.82, 2.24) is 4.31 Å². The Hall–Kier alpha value is -2.91. The van der Waals surface area contributed by atoms with E-state index in [1.54, 1.807) is 24.3 Å². The molecule has 0 atom stereocenters. The third-order valence-electron chi connectivity index (χ3n) is 3.37. The van der Waals surface area contributed by atoms with E-state index in [0.717, 1.165) is 4.31 Å². The Morgan fingerprint density at radius 3 is 2.35 bits per heavy atom. The quantitative estimate of drug-likeness (QED) is 0.748. The first-order valence-electron chi connectivity index (χ1n) is 7.55. The zero-order chi connectivity index (χ0) is 19.3. The van der Waals surface area contributed by atoms with Gasteiger partial charge in [0.25, 0.3) is 11.8 Å². The largest absolute Gasteiger partial charge is 0.484 e. The Balaban J connectivity index is 2.11. The van der Waals surface area contributed by atoms with E-state index >= 15 is 0 Å². The molecule has 0 aliphatic heterocycles. The maximum absolute atomic E-state index is 12.3. The standard InChI is InChI=1S/C17H19N3O5S/c1-20(2)26(23,24)15-8-6-12(7-9-15)17(22)19-13-4-3-5-14(10-13)25-11-16(18)21/h3-10H,11H2,1-2H3,(H2,18,21)(H,19,22). The van der Waals surface area contributed by atoms with Crippen LogP contribution in [0, 0.1) is 0 Å². The molecule has 2 rings (SSSR count). The predicted molar refractivity (Wildman–Crippen MR) is 96.4 cm³/mol. The molecule has 0 spiro atoms. The van der Waals surface area contributed by atoms with Gasteiger partial charge in [0.05, 0.1) is 4.90 Å². The minimum atomic E-state index is -3.55. The second-order valence-corrected chi connectivity index (χ2v) is 7.70. The second-order valence-electron chi connectivity index (χ2n) is 5.55. The van der Waals surface area contributed by atoms with Crippen molar-refractivity contribution < 1.29 is 22.7 Å². The molecule has 0 bridgehead atoms. The van der Waals surface area contributed by atoms with Crippen molar-refractivity contribution in [2.24, 2.45) is 5.73 Å². The first-order chi connectivity index (χ1) is 12.2. The van der Waals surface area contributed by atoms with Crippen LogP contribution in [0.25, 0.3) is 0 Å². The summed E-state index contributed by atoms with van der Waals surface area (Å²) in [6.07, 6.45) is 0. The highest BCUT2D eigenvalue weighted by Crippen LogP contribution is 2.19. The molecule has 3 N–H and O–H groups in total. The van der Waals surface area contributed by atoms with E-state index in [0.29, 0.717) is 17.0 Å². The monoisotopic (exact) mass is 377 g/mol. The number of carbonyl (C=O) groups excluding carboxylic acids is 2. The van der Waals surface area contributed by atoms with Gasteiger partial charge in [-0.25, -0.2) is 12.7 Å². The number of nitrogens with zero attached hydrogens (tertiary/aromatic N) is 1. The van der Waals surface area contributed by atoms with Crippen LogP contribution in [-0.4, -0.2) is 45.2 Å². The van der Waals surface area contributed by atoms with Crippen LogP contribution < -0.4 is 15.8 Å². The molecule has 26 heavy (non-hydrogen) atoms. The van der Waals surface area contributed by atoms with Crippen LogP contribution in [0.5, 0.6) is 5.75 Å². The van der Waals surface area contributed by atoms with Crippen LogP contribution in [0.2, 0.25) is 0 Å². The molecule has 0 saturated heterocycles. The number of nitrogens with two attached hydrogens (primary N) is 1. The molecule has 0 saturated carbocycles. The number of amides is 2. The molecule has 0 aliphatic carbocycles. The van der Waals surface area contributed by atoms with Crippen molar-refractivity contribution in [2.75, 3.05) is 26.0 Å². The minimum absolute atomic E-state index is 0.0981. The van der Waals surface area contributed by atoms with Crippen molar-refractivity contribution in [2.45, 2.75) is 4.90 Å². The van der Waals surface area contributed by atoms with E-state index in [9.17, 15) is 18.0 Å². The van der Waals surface area contributed by atoms with Gasteiger partial charge in [-0.1, -0.05) is 6.07 Å². The average Bonchev–Trinajstić information content (AvgIpc) is 2.60. The molecule has 2 amide bonds. The lowest BCUT2D eigenvalue weighted by molar-refractivity contribution is -0.119. The van der Waals surface area contributed by atoms with E-state index in [4.69, 9.17) is 10.5 Å². The van der Waals surface area contributed by atoms with Crippen LogP contribution >= 0.6 is 0 Å². The second kappa shape index (κ2) is 7.98. The molecule has 0 radical (unpaired) electrons. The van der Waals surface area contributed by atoms with Gasteiger partial charge in [-0.2, -0.15) is 0 Å². The van der Waals surface area contributed by atoms with E-state index in [-0.39, 0.29) is 11.5 Å². The topological polar surface area (TPSA) is 119 Å². The Kier molecular flexibility index (Phi) is 5.96. The van der Waals surface area contributed by atoms with Gasteiger partial charge >= 0.3 is 0 Å². The maximum atomic E-state index is 12.3. The zero-order valence-corrected chi connectivity index (χ0v) is 15.1. The molecule has 138 valence electrons. The summed E-state index contributed by atoms with van der Waals surface area (Å²) in [5.74, 6) is -0.632. The normalized spacial score (nSPS) is 11.2. The van der Waals surface area contributed by atoms with Gasteiger partial charge in [-0.3, -0.25) is 9.59 Å². The SMILES string of the molecule is CN(C)S(=O)(=O)c1ccc(C(=O)Nc2cccc(OCC(N)=O)c2)cc1. The van der Waals surface area contributed by atoms with Crippen molar-refractivity contribution in [3.05, 3.63) is 54.1 Å². The van der Waals surface area contributed by atoms with Crippen molar-refractivity contribution in [3.63, 3.8) is 0 Å². The van der Waals surface area contributed by atoms with Crippen molar-refractivity contribution in [1.29, 1.82) is 0 Å². The van der Waals surface area contributed by atoms with Crippen molar-refractivity contribution in [3.8, 4) is 5.75 Å². The van der Waals surface area contributed by atoms with E-state index in [2.05, 4.69) is 5.32 Å². The summed E-state index contributed by atoms with van der Waals surface area (Å²) in [6.45, 7) is -0.265. The third kappa shape index (κ3) is 4.80. The van der Waals surface area contributed by atoms with E-state index < -0.39 is 21.8 Å². The fraction of sp³-hybridized carbons (Fsp3) is 0.176. The van der Waals surface area contributed by atoms with Gasteiger partial charge in [0.15, 0.2) is 6.61 Å². The fourth-order valence-electron chi connectivity index (χ4n) is 2.01. The molecule has 9 heteroatoms. The highest BCUT2D eigenvalue weighted by atomic mass is 32.2. The lowest BCUT2D eigenvalue weighted by Crippen LogP contribution is -2.22. The predicted octanol–water partition coefficient (Wildman–Crippen LogP) is 1.05. The van der Waals surface area contributed by atoms with Crippen LogP contribution in [-0.2, 0) is 14.8 Å². The lowest BCUT2D eigenvalue weighted by atomic mass is 10.2. The lowest BCUT2D eigenvalue weighted by Gasteiger charge is -2.12. The zero-order valence-electron chi connectivity index (χ0n) is 14.3. The molecule has 0 unspecified atom stereocenters. The molecular formula is C17H19N3O5S. The Labute approximate surface area is 151 Å². The first kappa shape index (κ1) is 19.4. The van der Waals surface area contributed by atoms with Crippen LogP contribution in [0.4, 0.5) is 5.69 Å². The number of ether oxygens (including phenoxy) is 1. The molecule has 8 nitrogen and oxygen atoms in total. The van der Waals surface area contributed by atoms with Crippen LogP contribution in [0.1, 0.15) is 10.4 Å². The number of nitrogens with one attached hydrogen (secondary N) is 1. The molecule has 0 aliphatic rings. The van der Waals surface area contributed by atoms with E-state index in [1.807, 2.05) is 0 Å². The first-order valence-corrected chi connectivity index (χ1v) is 8.99. The summed E-state index contributed by atoms with van der Waals surface area (Å²) in [4.78, 5) is 23.1. The van der Waals surface area contributed by atoms with E-state index in [1.165, 1.54) is 38.4 Å². The van der Waals surface area contributed by atoms with Gasteiger partial charge in [0, 0.05) is 31.4 Å². The number of benzene rings is 2. The average molecular weight is 377 g/mol. The smallest absolute Gasteiger partial charge is 0.255 e. The summed E-state index contributed by atoms with van der Waals surface area (Å²) in [6, 6.07) is 12.1. The summed E-state index contributed by atoms with van der Waals surface area (Å²) >= 11 is 0. The number of anilines is 1. The number of hydrogen-bond donors (Lipinski definition) is 2. The van der Waals surface area contributed by atoms with Crippen molar-refractivity contribution >= 4 is 27.5 Å². The number of rotatable bonds is 7. The molecule has 0 aromatic heterocycles. The summed E-state index contributed by atoms with van der Waals surface area (Å²) in [5.41, 5.74) is 5.77. The number of primary amides is 1. The third-order valence-corrected chi connectivity index (χ3v) is 5.20. The molecule has 0 fully saturated rings. The van der Waals surface area contributed by atoms with Crippen LogP contribution in [0.15, 0.2) is 53.4 Å². The Bertz CT molecular complexity index is 908. The fourth-order valence-corrected chi connectivity index (χ4v) is 2.91. The Morgan fingerprint density at radius 2 is 1.77 bits per heavy atom.